The molecule has 0 saturated carbocycles. The van der Waals surface area contributed by atoms with Gasteiger partial charge in [-0.25, -0.2) is 0 Å². The van der Waals surface area contributed by atoms with E-state index in [1.54, 1.807) is 6.07 Å². The lowest BCUT2D eigenvalue weighted by atomic mass is 10.1. The van der Waals surface area contributed by atoms with E-state index in [2.05, 4.69) is 34.7 Å². The van der Waals surface area contributed by atoms with Crippen molar-refractivity contribution < 1.29 is 5.11 Å². The zero-order valence-corrected chi connectivity index (χ0v) is 8.71. The van der Waals surface area contributed by atoms with E-state index in [1.165, 1.54) is 10.4 Å². The fourth-order valence-corrected chi connectivity index (χ4v) is 2.16. The van der Waals surface area contributed by atoms with Gasteiger partial charge in [0.05, 0.1) is 3.57 Å². The van der Waals surface area contributed by atoms with E-state index >= 15 is 0 Å². The normalized spacial score (nSPS) is 14.4. The minimum atomic E-state index is 0.390. The monoisotopic (exact) mass is 272 g/mol. The number of halogens is 1. The van der Waals surface area contributed by atoms with Crippen molar-refractivity contribution in [1.29, 1.82) is 0 Å². The van der Waals surface area contributed by atoms with E-state index in [1.807, 2.05) is 6.07 Å². The Labute approximate surface area is 84.6 Å². The van der Waals surface area contributed by atoms with E-state index < -0.39 is 0 Å². The zero-order chi connectivity index (χ0) is 8.55. The van der Waals surface area contributed by atoms with Gasteiger partial charge in [0.25, 0.3) is 0 Å². The van der Waals surface area contributed by atoms with Crippen molar-refractivity contribution in [1.82, 2.24) is 0 Å². The molecule has 12 heavy (non-hydrogen) atoms. The second-order valence-electron chi connectivity index (χ2n) is 2.89. The molecule has 1 aromatic carbocycles. The molecule has 0 aromatic heterocycles. The van der Waals surface area contributed by atoms with Crippen LogP contribution in [0.15, 0.2) is 12.1 Å². The summed E-state index contributed by atoms with van der Waals surface area (Å²) in [6, 6.07) is 3.73. The molecule has 0 radical (unpaired) electrons. The lowest BCUT2D eigenvalue weighted by molar-refractivity contribution is 0.470. The van der Waals surface area contributed by atoms with Gasteiger partial charge in [0.15, 0.2) is 0 Å². The number of aromatic hydroxyl groups is 1. The Morgan fingerprint density at radius 3 is 2.75 bits per heavy atom. The van der Waals surface area contributed by atoms with Crippen LogP contribution in [-0.4, -0.2) is 5.11 Å². The lowest BCUT2D eigenvalue weighted by Crippen LogP contribution is -2.29. The fraction of sp³-hybridized carbons (Fsp3) is 0.200. The number of fused-ring (bicyclic) bond motifs is 1. The predicted octanol–water partition coefficient (Wildman–Crippen LogP) is 1.35. The SMILES string of the molecule is Oc1ccc2c(c1I)=CCCC=2. The van der Waals surface area contributed by atoms with Crippen LogP contribution >= 0.6 is 22.6 Å². The number of benzene rings is 1. The molecule has 1 nitrogen and oxygen atoms in total. The summed E-state index contributed by atoms with van der Waals surface area (Å²) in [5.41, 5.74) is 0. The van der Waals surface area contributed by atoms with Crippen LogP contribution in [0, 0.1) is 3.57 Å². The second kappa shape index (κ2) is 3.09. The largest absolute Gasteiger partial charge is 0.507 e. The van der Waals surface area contributed by atoms with E-state index in [-0.39, 0.29) is 0 Å². The first-order valence-electron chi connectivity index (χ1n) is 3.97. The molecule has 0 amide bonds. The highest BCUT2D eigenvalue weighted by atomic mass is 127. The van der Waals surface area contributed by atoms with Crippen LogP contribution in [-0.2, 0) is 0 Å². The third-order valence-corrected chi connectivity index (χ3v) is 3.21. The molecule has 0 unspecified atom stereocenters. The van der Waals surface area contributed by atoms with Gasteiger partial charge in [-0.1, -0.05) is 18.2 Å². The summed E-state index contributed by atoms with van der Waals surface area (Å²) in [5.74, 6) is 0.390. The molecule has 1 aromatic rings. The zero-order valence-electron chi connectivity index (χ0n) is 6.55. The van der Waals surface area contributed by atoms with Gasteiger partial charge in [-0.05, 0) is 51.9 Å². The molecule has 2 rings (SSSR count). The maximum absolute atomic E-state index is 9.43. The predicted molar refractivity (Wildman–Crippen MR) is 58.2 cm³/mol. The molecule has 62 valence electrons. The minimum absolute atomic E-state index is 0.390. The Balaban J connectivity index is 2.88. The summed E-state index contributed by atoms with van der Waals surface area (Å²) in [4.78, 5) is 0. The number of hydrogen-bond acceptors (Lipinski definition) is 1. The van der Waals surface area contributed by atoms with Crippen LogP contribution in [0.2, 0.25) is 0 Å². The fourth-order valence-electron chi connectivity index (χ4n) is 1.45. The topological polar surface area (TPSA) is 20.2 Å². The van der Waals surface area contributed by atoms with Crippen molar-refractivity contribution in [3.63, 3.8) is 0 Å². The highest BCUT2D eigenvalue weighted by molar-refractivity contribution is 14.1. The average molecular weight is 272 g/mol. The van der Waals surface area contributed by atoms with Gasteiger partial charge >= 0.3 is 0 Å². The molecule has 0 heterocycles. The van der Waals surface area contributed by atoms with Crippen molar-refractivity contribution in [2.75, 3.05) is 0 Å². The second-order valence-corrected chi connectivity index (χ2v) is 3.97. The molecule has 1 N–H and O–H groups in total. The van der Waals surface area contributed by atoms with Crippen LogP contribution in [0.5, 0.6) is 5.75 Å². The van der Waals surface area contributed by atoms with Crippen molar-refractivity contribution >= 4 is 34.7 Å². The van der Waals surface area contributed by atoms with Gasteiger partial charge in [-0.15, -0.1) is 0 Å². The maximum atomic E-state index is 9.43. The van der Waals surface area contributed by atoms with Crippen molar-refractivity contribution in [2.24, 2.45) is 0 Å². The molecule has 0 saturated heterocycles. The Hall–Kier alpha value is -0.510. The first kappa shape index (κ1) is 8.10. The Bertz CT molecular complexity index is 420. The quantitative estimate of drug-likeness (QED) is 0.707. The summed E-state index contributed by atoms with van der Waals surface area (Å²) < 4.78 is 0.973. The standard InChI is InChI=1S/C10H9IO/c11-10-8-4-2-1-3-7(8)5-6-9(10)12/h3-6,12H,1-2H2. The summed E-state index contributed by atoms with van der Waals surface area (Å²) in [7, 11) is 0. The van der Waals surface area contributed by atoms with Crippen LogP contribution < -0.4 is 10.4 Å². The smallest absolute Gasteiger partial charge is 0.129 e. The summed E-state index contributed by atoms with van der Waals surface area (Å²) in [6.07, 6.45) is 6.62. The van der Waals surface area contributed by atoms with Crippen LogP contribution in [0.3, 0.4) is 0 Å². The average Bonchev–Trinajstić information content (AvgIpc) is 2.12. The van der Waals surface area contributed by atoms with E-state index in [9.17, 15) is 5.11 Å². The Morgan fingerprint density at radius 1 is 1.17 bits per heavy atom. The maximum Gasteiger partial charge on any atom is 0.129 e. The van der Waals surface area contributed by atoms with Gasteiger partial charge in [0.1, 0.15) is 5.75 Å². The Morgan fingerprint density at radius 2 is 1.92 bits per heavy atom. The van der Waals surface area contributed by atoms with Gasteiger partial charge in [-0.3, -0.25) is 0 Å². The van der Waals surface area contributed by atoms with Gasteiger partial charge < -0.3 is 5.11 Å². The highest BCUT2D eigenvalue weighted by Gasteiger charge is 2.01. The summed E-state index contributed by atoms with van der Waals surface area (Å²) in [5, 5.41) is 11.9. The molecule has 1 aliphatic rings. The summed E-state index contributed by atoms with van der Waals surface area (Å²) in [6.45, 7) is 0. The minimum Gasteiger partial charge on any atom is -0.507 e. The van der Waals surface area contributed by atoms with Crippen molar-refractivity contribution in [2.45, 2.75) is 12.8 Å². The van der Waals surface area contributed by atoms with E-state index in [0.29, 0.717) is 5.75 Å². The van der Waals surface area contributed by atoms with Gasteiger partial charge in [-0.2, -0.15) is 0 Å². The molecule has 0 aliphatic heterocycles. The third-order valence-electron chi connectivity index (χ3n) is 2.07. The van der Waals surface area contributed by atoms with E-state index in [0.717, 1.165) is 16.4 Å². The lowest BCUT2D eigenvalue weighted by Gasteiger charge is -2.03. The summed E-state index contributed by atoms with van der Waals surface area (Å²) >= 11 is 2.19. The Kier molecular flexibility index (Phi) is 2.09. The van der Waals surface area contributed by atoms with Crippen LogP contribution in [0.1, 0.15) is 12.8 Å². The first-order valence-corrected chi connectivity index (χ1v) is 5.05. The number of rotatable bonds is 0. The number of phenolic OH excluding ortho intramolecular Hbond substituents is 1. The van der Waals surface area contributed by atoms with Gasteiger partial charge in [0.2, 0.25) is 0 Å². The van der Waals surface area contributed by atoms with Crippen molar-refractivity contribution in [3.8, 4) is 5.75 Å². The molecule has 1 aliphatic carbocycles. The molecule has 0 spiro atoms. The molecule has 0 atom stereocenters. The van der Waals surface area contributed by atoms with Crippen LogP contribution in [0.4, 0.5) is 0 Å². The highest BCUT2D eigenvalue weighted by Crippen LogP contribution is 2.13. The van der Waals surface area contributed by atoms with Gasteiger partial charge in [0, 0.05) is 0 Å². The van der Waals surface area contributed by atoms with E-state index in [4.69, 9.17) is 0 Å². The third kappa shape index (κ3) is 1.24. The van der Waals surface area contributed by atoms with Crippen LogP contribution in [0.25, 0.3) is 12.2 Å². The molecular weight excluding hydrogens is 263 g/mol. The number of phenols is 1. The molecule has 0 bridgehead atoms. The number of hydrogen-bond donors (Lipinski definition) is 1. The molecule has 2 heteroatoms. The van der Waals surface area contributed by atoms with Crippen molar-refractivity contribution in [3.05, 3.63) is 26.1 Å². The first-order chi connectivity index (χ1) is 5.79. The molecule has 0 fully saturated rings. The molecular formula is C10H9IO.